The van der Waals surface area contributed by atoms with Gasteiger partial charge in [-0.25, -0.2) is 4.79 Å². The van der Waals surface area contributed by atoms with Crippen molar-refractivity contribution >= 4 is 29.2 Å². The molecule has 2 aromatic rings. The highest BCUT2D eigenvalue weighted by Crippen LogP contribution is 2.43. The van der Waals surface area contributed by atoms with Gasteiger partial charge in [-0.1, -0.05) is 6.07 Å². The summed E-state index contributed by atoms with van der Waals surface area (Å²) in [5.41, 5.74) is 1.69. The van der Waals surface area contributed by atoms with Gasteiger partial charge < -0.3 is 34.3 Å². The molecule has 0 saturated heterocycles. The molecule has 10 heteroatoms. The van der Waals surface area contributed by atoms with Crippen LogP contribution in [-0.2, 0) is 19.1 Å². The zero-order chi connectivity index (χ0) is 23.3. The number of methoxy groups -OCH3 is 4. The van der Waals surface area contributed by atoms with Gasteiger partial charge >= 0.3 is 5.97 Å². The Labute approximate surface area is 184 Å². The van der Waals surface area contributed by atoms with Crippen LogP contribution in [0.1, 0.15) is 28.4 Å². The third-order valence-electron chi connectivity index (χ3n) is 4.78. The van der Waals surface area contributed by atoms with Crippen molar-refractivity contribution in [3.8, 4) is 17.2 Å². The monoisotopic (exact) mass is 444 g/mol. The number of cyclic esters (lactones) is 1. The standard InChI is InChI=1S/C22H24N2O8/c1-28-11-19(26)24-14-7-5-12(9-17(14)30-3)23-18(25)10-16-13-6-8-15(29-2)21(31-4)20(13)22(27)32-16/h5-9,16H,10-11H2,1-4H3,(H,23,25)(H,24,26)/t16-/m1/s1. The molecule has 1 heterocycles. The quantitative estimate of drug-likeness (QED) is 0.566. The topological polar surface area (TPSA) is 121 Å². The number of amides is 2. The second kappa shape index (κ2) is 10.0. The summed E-state index contributed by atoms with van der Waals surface area (Å²) >= 11 is 0. The van der Waals surface area contributed by atoms with E-state index in [2.05, 4.69) is 10.6 Å². The Morgan fingerprint density at radius 3 is 2.34 bits per heavy atom. The number of nitrogens with one attached hydrogen (secondary N) is 2. The zero-order valence-corrected chi connectivity index (χ0v) is 18.1. The lowest BCUT2D eigenvalue weighted by molar-refractivity contribution is -0.120. The summed E-state index contributed by atoms with van der Waals surface area (Å²) in [5, 5.41) is 5.40. The number of hydrogen-bond donors (Lipinski definition) is 2. The van der Waals surface area contributed by atoms with Gasteiger partial charge in [-0.2, -0.15) is 0 Å². The van der Waals surface area contributed by atoms with Crippen LogP contribution in [-0.4, -0.2) is 52.8 Å². The number of hydrogen-bond acceptors (Lipinski definition) is 8. The van der Waals surface area contributed by atoms with E-state index in [1.54, 1.807) is 30.3 Å². The fourth-order valence-corrected chi connectivity index (χ4v) is 3.39. The van der Waals surface area contributed by atoms with Crippen LogP contribution in [0.15, 0.2) is 30.3 Å². The SMILES string of the molecule is COCC(=O)Nc1ccc(NC(=O)C[C@H]2OC(=O)c3c2ccc(OC)c3OC)cc1OC. The normalized spacial score (nSPS) is 14.2. The lowest BCUT2D eigenvalue weighted by atomic mass is 10.0. The highest BCUT2D eigenvalue weighted by Gasteiger charge is 2.36. The predicted octanol–water partition coefficient (Wildman–Crippen LogP) is 2.54. The van der Waals surface area contributed by atoms with Crippen molar-refractivity contribution in [1.29, 1.82) is 0 Å². The Morgan fingerprint density at radius 2 is 1.69 bits per heavy atom. The summed E-state index contributed by atoms with van der Waals surface area (Å²) in [5.74, 6) is -0.250. The van der Waals surface area contributed by atoms with Gasteiger partial charge in [0.15, 0.2) is 11.5 Å². The number of carbonyl (C=O) groups excluding carboxylic acids is 3. The van der Waals surface area contributed by atoms with Crippen molar-refractivity contribution < 1.29 is 38.1 Å². The van der Waals surface area contributed by atoms with Gasteiger partial charge in [0.25, 0.3) is 0 Å². The van der Waals surface area contributed by atoms with E-state index in [-0.39, 0.29) is 36.2 Å². The number of anilines is 2. The van der Waals surface area contributed by atoms with Crippen molar-refractivity contribution in [2.75, 3.05) is 45.7 Å². The van der Waals surface area contributed by atoms with Crippen molar-refractivity contribution in [3.63, 3.8) is 0 Å². The summed E-state index contributed by atoms with van der Waals surface area (Å²) in [4.78, 5) is 36.7. The van der Waals surface area contributed by atoms with E-state index in [0.29, 0.717) is 28.4 Å². The van der Waals surface area contributed by atoms with Crippen LogP contribution in [0, 0.1) is 0 Å². The largest absolute Gasteiger partial charge is 0.494 e. The number of rotatable bonds is 9. The Kier molecular flexibility index (Phi) is 7.16. The molecule has 0 fully saturated rings. The molecule has 1 atom stereocenters. The van der Waals surface area contributed by atoms with Gasteiger partial charge in [-0.15, -0.1) is 0 Å². The van der Waals surface area contributed by atoms with Crippen molar-refractivity contribution in [2.45, 2.75) is 12.5 Å². The maximum Gasteiger partial charge on any atom is 0.343 e. The smallest absolute Gasteiger partial charge is 0.343 e. The first-order valence-corrected chi connectivity index (χ1v) is 9.64. The van der Waals surface area contributed by atoms with E-state index >= 15 is 0 Å². The molecule has 10 nitrogen and oxygen atoms in total. The maximum absolute atomic E-state index is 12.6. The Hall–Kier alpha value is -3.79. The third-order valence-corrected chi connectivity index (χ3v) is 4.78. The average molecular weight is 444 g/mol. The highest BCUT2D eigenvalue weighted by atomic mass is 16.6. The van der Waals surface area contributed by atoms with Crippen molar-refractivity contribution in [2.24, 2.45) is 0 Å². The molecule has 0 radical (unpaired) electrons. The summed E-state index contributed by atoms with van der Waals surface area (Å²) in [6.45, 7) is -0.0973. The van der Waals surface area contributed by atoms with Crippen molar-refractivity contribution in [1.82, 2.24) is 0 Å². The molecule has 0 aliphatic carbocycles. The fraction of sp³-hybridized carbons (Fsp3) is 0.318. The Morgan fingerprint density at radius 1 is 0.938 bits per heavy atom. The summed E-state index contributed by atoms with van der Waals surface area (Å²) < 4.78 is 26.0. The number of ether oxygens (including phenoxy) is 5. The summed E-state index contributed by atoms with van der Waals surface area (Å²) in [6.07, 6.45) is -0.852. The maximum atomic E-state index is 12.6. The summed E-state index contributed by atoms with van der Waals surface area (Å²) in [6, 6.07) is 8.13. The second-order valence-corrected chi connectivity index (χ2v) is 6.81. The average Bonchev–Trinajstić information content (AvgIpc) is 3.09. The van der Waals surface area contributed by atoms with Crippen LogP contribution >= 0.6 is 0 Å². The molecule has 0 aromatic heterocycles. The van der Waals surface area contributed by atoms with E-state index in [0.717, 1.165) is 0 Å². The lowest BCUT2D eigenvalue weighted by Gasteiger charge is -2.14. The predicted molar refractivity (Wildman–Crippen MR) is 114 cm³/mol. The highest BCUT2D eigenvalue weighted by molar-refractivity contribution is 6.00. The van der Waals surface area contributed by atoms with E-state index in [9.17, 15) is 14.4 Å². The first kappa shape index (κ1) is 22.9. The van der Waals surface area contributed by atoms with E-state index in [1.807, 2.05) is 0 Å². The van der Waals surface area contributed by atoms with Crippen LogP contribution < -0.4 is 24.8 Å². The van der Waals surface area contributed by atoms with E-state index in [1.165, 1.54) is 28.4 Å². The molecule has 2 N–H and O–H groups in total. The number of benzene rings is 2. The molecule has 0 saturated carbocycles. The minimum Gasteiger partial charge on any atom is -0.494 e. The molecule has 32 heavy (non-hydrogen) atoms. The molecule has 1 aliphatic heterocycles. The number of esters is 1. The van der Waals surface area contributed by atoms with Crippen LogP contribution in [0.4, 0.5) is 11.4 Å². The molecular formula is C22H24N2O8. The molecule has 2 amide bonds. The number of carbonyl (C=O) groups is 3. The minimum absolute atomic E-state index is 0.0944. The first-order chi connectivity index (χ1) is 15.4. The minimum atomic E-state index is -0.758. The molecular weight excluding hydrogens is 420 g/mol. The van der Waals surface area contributed by atoms with Gasteiger partial charge in [0, 0.05) is 24.4 Å². The van der Waals surface area contributed by atoms with Gasteiger partial charge in [-0.05, 0) is 18.2 Å². The Bertz CT molecular complexity index is 1040. The van der Waals surface area contributed by atoms with Gasteiger partial charge in [0.2, 0.25) is 11.8 Å². The van der Waals surface area contributed by atoms with Crippen LogP contribution in [0.5, 0.6) is 17.2 Å². The zero-order valence-electron chi connectivity index (χ0n) is 18.1. The fourth-order valence-electron chi connectivity index (χ4n) is 3.39. The third kappa shape index (κ3) is 4.75. The molecule has 0 bridgehead atoms. The molecule has 1 aliphatic rings. The Balaban J connectivity index is 1.72. The van der Waals surface area contributed by atoms with E-state index < -0.39 is 12.1 Å². The van der Waals surface area contributed by atoms with Crippen LogP contribution in [0.3, 0.4) is 0 Å². The van der Waals surface area contributed by atoms with Gasteiger partial charge in [-0.3, -0.25) is 9.59 Å². The number of fused-ring (bicyclic) bond motifs is 1. The molecule has 2 aromatic carbocycles. The summed E-state index contributed by atoms with van der Waals surface area (Å²) in [7, 11) is 5.77. The molecule has 3 rings (SSSR count). The van der Waals surface area contributed by atoms with Crippen LogP contribution in [0.25, 0.3) is 0 Å². The van der Waals surface area contributed by atoms with Crippen molar-refractivity contribution in [3.05, 3.63) is 41.5 Å². The molecule has 0 spiro atoms. The molecule has 0 unspecified atom stereocenters. The second-order valence-electron chi connectivity index (χ2n) is 6.81. The van der Waals surface area contributed by atoms with E-state index in [4.69, 9.17) is 23.7 Å². The van der Waals surface area contributed by atoms with Gasteiger partial charge in [0.1, 0.15) is 24.0 Å². The first-order valence-electron chi connectivity index (χ1n) is 9.64. The molecule has 170 valence electrons. The van der Waals surface area contributed by atoms with Crippen LogP contribution in [0.2, 0.25) is 0 Å². The van der Waals surface area contributed by atoms with Gasteiger partial charge in [0.05, 0.1) is 33.4 Å². The lowest BCUT2D eigenvalue weighted by Crippen LogP contribution is -2.18.